The van der Waals surface area contributed by atoms with Gasteiger partial charge in [-0.2, -0.15) is 0 Å². The van der Waals surface area contributed by atoms with Crippen LogP contribution in [0.15, 0.2) is 24.3 Å². The van der Waals surface area contributed by atoms with E-state index in [1.807, 2.05) is 26.1 Å². The predicted molar refractivity (Wildman–Crippen MR) is 75.1 cm³/mol. The predicted octanol–water partition coefficient (Wildman–Crippen LogP) is 2.33. The Hall–Kier alpha value is -1.35. The highest BCUT2D eigenvalue weighted by atomic mass is 16.2. The fourth-order valence-electron chi connectivity index (χ4n) is 1.80. The Labute approximate surface area is 110 Å². The Morgan fingerprint density at radius 2 is 1.89 bits per heavy atom. The Balaban J connectivity index is 2.62. The number of hydrogen-bond donors (Lipinski definition) is 1. The van der Waals surface area contributed by atoms with Crippen LogP contribution in [0.4, 0.5) is 0 Å². The summed E-state index contributed by atoms with van der Waals surface area (Å²) in [6.45, 7) is 6.74. The Kier molecular flexibility index (Phi) is 5.35. The van der Waals surface area contributed by atoms with Crippen molar-refractivity contribution in [1.29, 1.82) is 0 Å². The molecule has 3 nitrogen and oxygen atoms in total. The van der Waals surface area contributed by atoms with E-state index in [1.165, 1.54) is 5.56 Å². The van der Waals surface area contributed by atoms with E-state index < -0.39 is 6.04 Å². The van der Waals surface area contributed by atoms with E-state index in [4.69, 9.17) is 5.73 Å². The molecule has 0 aliphatic rings. The summed E-state index contributed by atoms with van der Waals surface area (Å²) in [6, 6.07) is 7.82. The number of carbonyl (C=O) groups excluding carboxylic acids is 1. The second-order valence-electron chi connectivity index (χ2n) is 5.09. The molecule has 3 heteroatoms. The molecule has 100 valence electrons. The van der Waals surface area contributed by atoms with Gasteiger partial charge in [-0.25, -0.2) is 0 Å². The molecule has 2 atom stereocenters. The average Bonchev–Trinajstić information content (AvgIpc) is 2.38. The maximum absolute atomic E-state index is 12.1. The highest BCUT2D eigenvalue weighted by Crippen LogP contribution is 2.11. The SMILES string of the molecule is CC[C@H](C)[C@H](N)C(=O)N(C)Cc1ccc(C)cc1. The van der Waals surface area contributed by atoms with Crippen LogP contribution in [0, 0.1) is 12.8 Å². The van der Waals surface area contributed by atoms with Crippen LogP contribution in [0.25, 0.3) is 0 Å². The van der Waals surface area contributed by atoms with E-state index in [2.05, 4.69) is 26.0 Å². The van der Waals surface area contributed by atoms with E-state index >= 15 is 0 Å². The molecule has 0 unspecified atom stereocenters. The van der Waals surface area contributed by atoms with Gasteiger partial charge in [0.2, 0.25) is 5.91 Å². The van der Waals surface area contributed by atoms with E-state index in [1.54, 1.807) is 4.90 Å². The summed E-state index contributed by atoms with van der Waals surface area (Å²) in [6.07, 6.45) is 0.922. The summed E-state index contributed by atoms with van der Waals surface area (Å²) in [4.78, 5) is 13.8. The van der Waals surface area contributed by atoms with Gasteiger partial charge in [-0.15, -0.1) is 0 Å². The van der Waals surface area contributed by atoms with Gasteiger partial charge in [-0.05, 0) is 18.4 Å². The number of likely N-dealkylation sites (N-methyl/N-ethyl adjacent to an activating group) is 1. The number of nitrogens with zero attached hydrogens (tertiary/aromatic N) is 1. The molecule has 0 heterocycles. The van der Waals surface area contributed by atoms with E-state index in [0.29, 0.717) is 6.54 Å². The third-order valence-electron chi connectivity index (χ3n) is 3.46. The van der Waals surface area contributed by atoms with Crippen LogP contribution in [0.2, 0.25) is 0 Å². The molecule has 0 bridgehead atoms. The molecule has 0 aliphatic carbocycles. The normalized spacial score (nSPS) is 14.1. The number of nitrogens with two attached hydrogens (primary N) is 1. The van der Waals surface area contributed by atoms with Crippen LogP contribution in [-0.4, -0.2) is 23.9 Å². The van der Waals surface area contributed by atoms with Crippen LogP contribution < -0.4 is 5.73 Å². The van der Waals surface area contributed by atoms with Crippen LogP contribution >= 0.6 is 0 Å². The van der Waals surface area contributed by atoms with Crippen molar-refractivity contribution < 1.29 is 4.79 Å². The van der Waals surface area contributed by atoms with Crippen molar-refractivity contribution >= 4 is 5.91 Å². The molecule has 1 aromatic carbocycles. The lowest BCUT2D eigenvalue weighted by atomic mass is 9.99. The molecule has 1 amide bonds. The van der Waals surface area contributed by atoms with Gasteiger partial charge in [0.1, 0.15) is 0 Å². The molecular formula is C15H24N2O. The number of rotatable bonds is 5. The van der Waals surface area contributed by atoms with Crippen molar-refractivity contribution in [1.82, 2.24) is 4.90 Å². The van der Waals surface area contributed by atoms with E-state index in [0.717, 1.165) is 12.0 Å². The Morgan fingerprint density at radius 3 is 2.39 bits per heavy atom. The average molecular weight is 248 g/mol. The Bertz CT molecular complexity index is 386. The first-order valence-corrected chi connectivity index (χ1v) is 6.51. The van der Waals surface area contributed by atoms with Gasteiger partial charge in [0.25, 0.3) is 0 Å². The first kappa shape index (κ1) is 14.7. The maximum Gasteiger partial charge on any atom is 0.239 e. The molecule has 0 saturated carbocycles. The summed E-state index contributed by atoms with van der Waals surface area (Å²) in [7, 11) is 1.81. The highest BCUT2D eigenvalue weighted by Gasteiger charge is 2.22. The minimum atomic E-state index is -0.398. The standard InChI is InChI=1S/C15H24N2O/c1-5-12(3)14(16)15(18)17(4)10-13-8-6-11(2)7-9-13/h6-9,12,14H,5,10,16H2,1-4H3/t12-,14-/m0/s1. The van der Waals surface area contributed by atoms with E-state index in [9.17, 15) is 4.79 Å². The lowest BCUT2D eigenvalue weighted by Crippen LogP contribution is -2.45. The van der Waals surface area contributed by atoms with Crippen molar-refractivity contribution in [2.45, 2.75) is 39.8 Å². The van der Waals surface area contributed by atoms with Crippen molar-refractivity contribution in [3.63, 3.8) is 0 Å². The van der Waals surface area contributed by atoms with Gasteiger partial charge in [-0.3, -0.25) is 4.79 Å². The first-order chi connectivity index (χ1) is 8.45. The minimum absolute atomic E-state index is 0.0184. The zero-order valence-corrected chi connectivity index (χ0v) is 11.8. The van der Waals surface area contributed by atoms with Gasteiger partial charge >= 0.3 is 0 Å². The largest absolute Gasteiger partial charge is 0.340 e. The van der Waals surface area contributed by atoms with Gasteiger partial charge in [-0.1, -0.05) is 50.1 Å². The Morgan fingerprint density at radius 1 is 1.33 bits per heavy atom. The summed E-state index contributed by atoms with van der Waals surface area (Å²) in [5.74, 6) is 0.239. The lowest BCUT2D eigenvalue weighted by Gasteiger charge is -2.24. The minimum Gasteiger partial charge on any atom is -0.340 e. The molecule has 0 saturated heterocycles. The summed E-state index contributed by atoms with van der Waals surface area (Å²) in [5.41, 5.74) is 8.32. The lowest BCUT2D eigenvalue weighted by molar-refractivity contribution is -0.132. The van der Waals surface area contributed by atoms with Crippen LogP contribution in [0.5, 0.6) is 0 Å². The number of aryl methyl sites for hydroxylation is 1. The quantitative estimate of drug-likeness (QED) is 0.869. The summed E-state index contributed by atoms with van der Waals surface area (Å²) < 4.78 is 0. The molecule has 0 aromatic heterocycles. The molecule has 2 N–H and O–H groups in total. The fourth-order valence-corrected chi connectivity index (χ4v) is 1.80. The topological polar surface area (TPSA) is 46.3 Å². The van der Waals surface area contributed by atoms with Crippen molar-refractivity contribution in [3.8, 4) is 0 Å². The number of hydrogen-bond acceptors (Lipinski definition) is 2. The van der Waals surface area contributed by atoms with Crippen LogP contribution in [-0.2, 0) is 11.3 Å². The fraction of sp³-hybridized carbons (Fsp3) is 0.533. The molecule has 0 spiro atoms. The van der Waals surface area contributed by atoms with Gasteiger partial charge in [0.15, 0.2) is 0 Å². The smallest absolute Gasteiger partial charge is 0.239 e. The number of benzene rings is 1. The molecular weight excluding hydrogens is 224 g/mol. The van der Waals surface area contributed by atoms with Gasteiger partial charge in [0, 0.05) is 13.6 Å². The second-order valence-corrected chi connectivity index (χ2v) is 5.09. The summed E-state index contributed by atoms with van der Waals surface area (Å²) >= 11 is 0. The summed E-state index contributed by atoms with van der Waals surface area (Å²) in [5, 5.41) is 0. The monoisotopic (exact) mass is 248 g/mol. The van der Waals surface area contributed by atoms with Crippen LogP contribution in [0.1, 0.15) is 31.4 Å². The van der Waals surface area contributed by atoms with Gasteiger partial charge < -0.3 is 10.6 Å². The van der Waals surface area contributed by atoms with Crippen molar-refractivity contribution in [2.75, 3.05) is 7.05 Å². The highest BCUT2D eigenvalue weighted by molar-refractivity contribution is 5.81. The zero-order chi connectivity index (χ0) is 13.7. The molecule has 0 radical (unpaired) electrons. The molecule has 18 heavy (non-hydrogen) atoms. The van der Waals surface area contributed by atoms with Gasteiger partial charge in [0.05, 0.1) is 6.04 Å². The molecule has 1 rings (SSSR count). The number of amides is 1. The first-order valence-electron chi connectivity index (χ1n) is 6.51. The third-order valence-corrected chi connectivity index (χ3v) is 3.46. The molecule has 0 fully saturated rings. The van der Waals surface area contributed by atoms with Crippen LogP contribution in [0.3, 0.4) is 0 Å². The van der Waals surface area contributed by atoms with E-state index in [-0.39, 0.29) is 11.8 Å². The molecule has 1 aromatic rings. The zero-order valence-electron chi connectivity index (χ0n) is 11.8. The van der Waals surface area contributed by atoms with Crippen molar-refractivity contribution in [2.24, 2.45) is 11.7 Å². The van der Waals surface area contributed by atoms with Crippen molar-refractivity contribution in [3.05, 3.63) is 35.4 Å². The third kappa shape index (κ3) is 3.84. The number of carbonyl (C=O) groups is 1. The molecule has 0 aliphatic heterocycles. The second kappa shape index (κ2) is 6.55. The maximum atomic E-state index is 12.1.